The zero-order valence-electron chi connectivity index (χ0n) is 11.6. The summed E-state index contributed by atoms with van der Waals surface area (Å²) in [6.45, 7) is 6.58. The van der Waals surface area contributed by atoms with Crippen LogP contribution in [-0.2, 0) is 13.8 Å². The molecule has 0 aromatic rings. The molecule has 0 aliphatic heterocycles. The normalized spacial score (nSPS) is 20.9. The standard InChI is InChI=1S/C13H25ClO3S/c1-13(2,3)11(10-18(14,15)16)9-17-12-7-5-4-6-8-12/h11-12H,4-10H2,1-3H3. The lowest BCUT2D eigenvalue weighted by molar-refractivity contribution is -0.00880. The maximum Gasteiger partial charge on any atom is 0.232 e. The molecule has 0 aromatic heterocycles. The Balaban J connectivity index is 2.51. The molecule has 1 atom stereocenters. The van der Waals surface area contributed by atoms with Crippen LogP contribution >= 0.6 is 10.7 Å². The summed E-state index contributed by atoms with van der Waals surface area (Å²) in [6.07, 6.45) is 6.24. The van der Waals surface area contributed by atoms with Crippen LogP contribution in [0.3, 0.4) is 0 Å². The van der Waals surface area contributed by atoms with E-state index in [4.69, 9.17) is 15.4 Å². The Morgan fingerprint density at radius 2 is 1.78 bits per heavy atom. The fraction of sp³-hybridized carbons (Fsp3) is 1.00. The average Bonchev–Trinajstić information content (AvgIpc) is 2.22. The van der Waals surface area contributed by atoms with Crippen molar-refractivity contribution in [2.24, 2.45) is 11.3 Å². The first-order chi connectivity index (χ1) is 8.18. The molecule has 5 heteroatoms. The molecule has 0 heterocycles. The second-order valence-electron chi connectivity index (χ2n) is 6.36. The molecule has 18 heavy (non-hydrogen) atoms. The first-order valence-electron chi connectivity index (χ1n) is 6.72. The molecule has 0 spiro atoms. The molecule has 0 radical (unpaired) electrons. The summed E-state index contributed by atoms with van der Waals surface area (Å²) >= 11 is 0. The molecule has 108 valence electrons. The van der Waals surface area contributed by atoms with Gasteiger partial charge in [0.2, 0.25) is 9.05 Å². The van der Waals surface area contributed by atoms with Gasteiger partial charge in [-0.05, 0) is 18.3 Å². The van der Waals surface area contributed by atoms with Crippen LogP contribution in [0.25, 0.3) is 0 Å². The van der Waals surface area contributed by atoms with Gasteiger partial charge in [0.15, 0.2) is 0 Å². The number of rotatable bonds is 5. The summed E-state index contributed by atoms with van der Waals surface area (Å²) in [5.41, 5.74) is -0.114. The predicted molar refractivity (Wildman–Crippen MR) is 75.4 cm³/mol. The number of ether oxygens (including phenoxy) is 1. The number of halogens is 1. The van der Waals surface area contributed by atoms with Gasteiger partial charge in [-0.1, -0.05) is 40.0 Å². The lowest BCUT2D eigenvalue weighted by Crippen LogP contribution is -2.32. The van der Waals surface area contributed by atoms with Crippen LogP contribution in [-0.4, -0.2) is 26.9 Å². The van der Waals surface area contributed by atoms with E-state index < -0.39 is 9.05 Å². The highest BCUT2D eigenvalue weighted by atomic mass is 35.7. The molecule has 1 aliphatic rings. The quantitative estimate of drug-likeness (QED) is 0.729. The summed E-state index contributed by atoms with van der Waals surface area (Å²) in [4.78, 5) is 0. The molecule has 0 aromatic carbocycles. The van der Waals surface area contributed by atoms with Crippen molar-refractivity contribution in [3.63, 3.8) is 0 Å². The van der Waals surface area contributed by atoms with Gasteiger partial charge in [0, 0.05) is 16.6 Å². The molecule has 0 amide bonds. The van der Waals surface area contributed by atoms with E-state index in [0.29, 0.717) is 12.7 Å². The smallest absolute Gasteiger partial charge is 0.232 e. The third kappa shape index (κ3) is 6.39. The summed E-state index contributed by atoms with van der Waals surface area (Å²) in [5, 5.41) is 0. The minimum Gasteiger partial charge on any atom is -0.378 e. The van der Waals surface area contributed by atoms with E-state index in [0.717, 1.165) is 12.8 Å². The van der Waals surface area contributed by atoms with Crippen molar-refractivity contribution in [3.05, 3.63) is 0 Å². The zero-order chi connectivity index (χ0) is 13.8. The van der Waals surface area contributed by atoms with Crippen molar-refractivity contribution in [2.75, 3.05) is 12.4 Å². The first kappa shape index (κ1) is 16.3. The Bertz CT molecular complexity index is 340. The zero-order valence-corrected chi connectivity index (χ0v) is 13.2. The van der Waals surface area contributed by atoms with Gasteiger partial charge in [-0.2, -0.15) is 0 Å². The summed E-state index contributed by atoms with van der Waals surface area (Å²) in [6, 6.07) is 0. The fourth-order valence-corrected chi connectivity index (χ4v) is 3.81. The van der Waals surface area contributed by atoms with Crippen LogP contribution in [0.2, 0.25) is 0 Å². The van der Waals surface area contributed by atoms with E-state index in [9.17, 15) is 8.42 Å². The van der Waals surface area contributed by atoms with Crippen LogP contribution in [0, 0.1) is 11.3 Å². The van der Waals surface area contributed by atoms with E-state index in [1.807, 2.05) is 20.8 Å². The first-order valence-corrected chi connectivity index (χ1v) is 9.20. The Morgan fingerprint density at radius 1 is 1.22 bits per heavy atom. The maximum absolute atomic E-state index is 11.2. The molecule has 1 unspecified atom stereocenters. The predicted octanol–water partition coefficient (Wildman–Crippen LogP) is 3.57. The van der Waals surface area contributed by atoms with E-state index >= 15 is 0 Å². The van der Waals surface area contributed by atoms with E-state index in [1.165, 1.54) is 19.3 Å². The average molecular weight is 297 g/mol. The highest BCUT2D eigenvalue weighted by Crippen LogP contribution is 2.30. The maximum atomic E-state index is 11.2. The monoisotopic (exact) mass is 296 g/mol. The minimum atomic E-state index is -3.47. The van der Waals surface area contributed by atoms with Crippen molar-refractivity contribution in [1.29, 1.82) is 0 Å². The molecule has 0 bridgehead atoms. The van der Waals surface area contributed by atoms with E-state index in [-0.39, 0.29) is 17.1 Å². The third-order valence-electron chi connectivity index (χ3n) is 3.71. The second-order valence-corrected chi connectivity index (χ2v) is 9.18. The molecule has 1 saturated carbocycles. The minimum absolute atomic E-state index is 0.00915. The topological polar surface area (TPSA) is 43.4 Å². The summed E-state index contributed by atoms with van der Waals surface area (Å²) in [5.74, 6) is -0.0629. The summed E-state index contributed by atoms with van der Waals surface area (Å²) < 4.78 is 28.4. The summed E-state index contributed by atoms with van der Waals surface area (Å²) in [7, 11) is 1.90. The molecule has 0 saturated heterocycles. The Labute approximate surface area is 116 Å². The Morgan fingerprint density at radius 3 is 2.22 bits per heavy atom. The number of hydrogen-bond donors (Lipinski definition) is 0. The van der Waals surface area contributed by atoms with Gasteiger partial charge in [0.25, 0.3) is 0 Å². The third-order valence-corrected chi connectivity index (χ3v) is 4.89. The van der Waals surface area contributed by atoms with E-state index in [1.54, 1.807) is 0 Å². The van der Waals surface area contributed by atoms with Crippen LogP contribution in [0.15, 0.2) is 0 Å². The molecule has 1 fully saturated rings. The molecular weight excluding hydrogens is 272 g/mol. The van der Waals surface area contributed by atoms with Crippen molar-refractivity contribution < 1.29 is 13.2 Å². The molecule has 0 N–H and O–H groups in total. The highest BCUT2D eigenvalue weighted by Gasteiger charge is 2.30. The van der Waals surface area contributed by atoms with Crippen molar-refractivity contribution in [2.45, 2.75) is 59.0 Å². The van der Waals surface area contributed by atoms with Crippen molar-refractivity contribution in [3.8, 4) is 0 Å². The Kier molecular flexibility index (Phi) is 5.94. The van der Waals surface area contributed by atoms with Gasteiger partial charge < -0.3 is 4.74 Å². The lowest BCUT2D eigenvalue weighted by Gasteiger charge is -2.32. The van der Waals surface area contributed by atoms with Gasteiger partial charge in [0.1, 0.15) is 0 Å². The van der Waals surface area contributed by atoms with Crippen molar-refractivity contribution >= 4 is 19.7 Å². The van der Waals surface area contributed by atoms with Crippen LogP contribution in [0.1, 0.15) is 52.9 Å². The van der Waals surface area contributed by atoms with Gasteiger partial charge in [-0.3, -0.25) is 0 Å². The van der Waals surface area contributed by atoms with Gasteiger partial charge in [-0.25, -0.2) is 8.42 Å². The molecule has 3 nitrogen and oxygen atoms in total. The van der Waals surface area contributed by atoms with Gasteiger partial charge >= 0.3 is 0 Å². The molecule has 1 aliphatic carbocycles. The highest BCUT2D eigenvalue weighted by molar-refractivity contribution is 8.13. The van der Waals surface area contributed by atoms with Crippen molar-refractivity contribution in [1.82, 2.24) is 0 Å². The lowest BCUT2D eigenvalue weighted by atomic mass is 9.82. The van der Waals surface area contributed by atoms with Crippen LogP contribution in [0.5, 0.6) is 0 Å². The molecular formula is C13H25ClO3S. The fourth-order valence-electron chi connectivity index (χ4n) is 2.27. The molecule has 1 rings (SSSR count). The van der Waals surface area contributed by atoms with Gasteiger partial charge in [0.05, 0.1) is 18.5 Å². The largest absolute Gasteiger partial charge is 0.378 e. The second kappa shape index (κ2) is 6.58. The van der Waals surface area contributed by atoms with Crippen LogP contribution < -0.4 is 0 Å². The SMILES string of the molecule is CC(C)(C)C(COC1CCCCC1)CS(=O)(=O)Cl. The van der Waals surface area contributed by atoms with E-state index in [2.05, 4.69) is 0 Å². The Hall–Kier alpha value is 0.200. The van der Waals surface area contributed by atoms with Gasteiger partial charge in [-0.15, -0.1) is 0 Å². The number of hydrogen-bond acceptors (Lipinski definition) is 3. The van der Waals surface area contributed by atoms with Crippen LogP contribution in [0.4, 0.5) is 0 Å².